The Morgan fingerprint density at radius 2 is 1.26 bits per heavy atom. The molecule has 7 aromatic rings. The minimum Gasteiger partial charge on any atom is -0.308 e. The molecule has 0 fully saturated rings. The van der Waals surface area contributed by atoms with Gasteiger partial charge in [-0.25, -0.2) is 0 Å². The molecule has 0 atom stereocenters. The van der Waals surface area contributed by atoms with Crippen molar-refractivity contribution in [2.75, 3.05) is 0 Å². The molecular weight excluding hydrogens is 376 g/mol. The fourth-order valence-electron chi connectivity index (χ4n) is 5.11. The predicted octanol–water partition coefficient (Wildman–Crippen LogP) is 7.53. The Labute approximate surface area is 178 Å². The molecule has 5 aromatic carbocycles. The zero-order valence-electron chi connectivity index (χ0n) is 16.6. The fraction of sp³-hybridized carbons (Fsp3) is 0. The SMILES string of the molecule is N#Cc1cccc(-c2ccc3c(c2)c2cccc4c5cc6ccccc6cc5n3c24)c1. The van der Waals surface area contributed by atoms with Crippen molar-refractivity contribution in [3.63, 3.8) is 0 Å². The maximum Gasteiger partial charge on any atom is 0.0991 e. The summed E-state index contributed by atoms with van der Waals surface area (Å²) >= 11 is 0. The highest BCUT2D eigenvalue weighted by atomic mass is 14.9. The van der Waals surface area contributed by atoms with Gasteiger partial charge in [-0.15, -0.1) is 0 Å². The van der Waals surface area contributed by atoms with Gasteiger partial charge in [0.15, 0.2) is 0 Å². The third-order valence-corrected chi connectivity index (χ3v) is 6.51. The molecule has 2 heterocycles. The molecule has 0 aliphatic rings. The Morgan fingerprint density at radius 1 is 0.548 bits per heavy atom. The summed E-state index contributed by atoms with van der Waals surface area (Å²) in [5.74, 6) is 0. The fourth-order valence-corrected chi connectivity index (χ4v) is 5.11. The Hall–Kier alpha value is -4.35. The van der Waals surface area contributed by atoms with Crippen molar-refractivity contribution < 1.29 is 0 Å². The van der Waals surface area contributed by atoms with Gasteiger partial charge in [-0.1, -0.05) is 60.7 Å². The number of rotatable bonds is 1. The van der Waals surface area contributed by atoms with E-state index in [4.69, 9.17) is 0 Å². The minimum atomic E-state index is 0.684. The second kappa shape index (κ2) is 5.84. The van der Waals surface area contributed by atoms with Crippen LogP contribution in [0.4, 0.5) is 0 Å². The molecule has 0 saturated carbocycles. The largest absolute Gasteiger partial charge is 0.308 e. The number of nitriles is 1. The Bertz CT molecular complexity index is 1850. The van der Waals surface area contributed by atoms with E-state index in [1.807, 2.05) is 18.2 Å². The molecule has 0 saturated heterocycles. The van der Waals surface area contributed by atoms with E-state index in [0.717, 1.165) is 11.1 Å². The Kier molecular flexibility index (Phi) is 3.10. The molecule has 0 radical (unpaired) electrons. The normalized spacial score (nSPS) is 11.8. The van der Waals surface area contributed by atoms with E-state index >= 15 is 0 Å². The molecule has 2 heteroatoms. The molecule has 0 bridgehead atoms. The van der Waals surface area contributed by atoms with Crippen LogP contribution in [-0.2, 0) is 0 Å². The molecule has 0 N–H and O–H groups in total. The van der Waals surface area contributed by atoms with E-state index in [1.165, 1.54) is 48.9 Å². The summed E-state index contributed by atoms with van der Waals surface area (Å²) < 4.78 is 2.41. The van der Waals surface area contributed by atoms with Crippen molar-refractivity contribution in [2.45, 2.75) is 0 Å². The highest BCUT2D eigenvalue weighted by molar-refractivity contribution is 6.24. The summed E-state index contributed by atoms with van der Waals surface area (Å²) in [5, 5.41) is 16.9. The van der Waals surface area contributed by atoms with Crippen molar-refractivity contribution in [1.82, 2.24) is 4.40 Å². The van der Waals surface area contributed by atoms with Crippen LogP contribution in [0.3, 0.4) is 0 Å². The van der Waals surface area contributed by atoms with E-state index in [9.17, 15) is 5.26 Å². The second-order valence-electron chi connectivity index (χ2n) is 8.18. The van der Waals surface area contributed by atoms with Gasteiger partial charge in [0.2, 0.25) is 0 Å². The lowest BCUT2D eigenvalue weighted by molar-refractivity contribution is 1.37. The van der Waals surface area contributed by atoms with Crippen molar-refractivity contribution in [2.24, 2.45) is 0 Å². The highest BCUT2D eigenvalue weighted by Gasteiger charge is 2.18. The lowest BCUT2D eigenvalue weighted by atomic mass is 10.00. The molecule has 0 aliphatic heterocycles. The maximum absolute atomic E-state index is 9.28. The third-order valence-electron chi connectivity index (χ3n) is 6.51. The van der Waals surface area contributed by atoms with E-state index in [-0.39, 0.29) is 0 Å². The Morgan fingerprint density at radius 3 is 2.06 bits per heavy atom. The maximum atomic E-state index is 9.28. The number of nitrogens with zero attached hydrogens (tertiary/aromatic N) is 2. The Balaban J connectivity index is 1.62. The van der Waals surface area contributed by atoms with Crippen molar-refractivity contribution >= 4 is 48.9 Å². The lowest BCUT2D eigenvalue weighted by Crippen LogP contribution is -1.83. The minimum absolute atomic E-state index is 0.684. The van der Waals surface area contributed by atoms with Gasteiger partial charge in [-0.3, -0.25) is 0 Å². The number of para-hydroxylation sites is 1. The summed E-state index contributed by atoms with van der Waals surface area (Å²) in [5.41, 5.74) is 6.64. The quantitative estimate of drug-likeness (QED) is 0.284. The average molecular weight is 392 g/mol. The number of hydrogen-bond donors (Lipinski definition) is 0. The van der Waals surface area contributed by atoms with Gasteiger partial charge in [-0.05, 0) is 58.3 Å². The molecule has 2 aromatic heterocycles. The molecular formula is C29H16N2. The zero-order valence-corrected chi connectivity index (χ0v) is 16.6. The van der Waals surface area contributed by atoms with Crippen LogP contribution in [0, 0.1) is 11.3 Å². The van der Waals surface area contributed by atoms with Gasteiger partial charge in [-0.2, -0.15) is 5.26 Å². The van der Waals surface area contributed by atoms with Crippen LogP contribution >= 0.6 is 0 Å². The summed E-state index contributed by atoms with van der Waals surface area (Å²) in [6.07, 6.45) is 0. The first-order valence-corrected chi connectivity index (χ1v) is 10.4. The smallest absolute Gasteiger partial charge is 0.0991 e. The van der Waals surface area contributed by atoms with Gasteiger partial charge in [0, 0.05) is 21.5 Å². The molecule has 7 rings (SSSR count). The molecule has 0 amide bonds. The summed E-state index contributed by atoms with van der Waals surface area (Å²) in [7, 11) is 0. The summed E-state index contributed by atoms with van der Waals surface area (Å²) in [4.78, 5) is 0. The standard InChI is InChI=1S/C29H16N2/c30-17-18-5-3-8-19(13-18)22-11-12-27-25(15-22)23-9-4-10-24-26-14-20-6-1-2-7-21(20)16-28(26)31(27)29(23)24/h1-16H. The van der Waals surface area contributed by atoms with Crippen LogP contribution in [0.1, 0.15) is 5.56 Å². The van der Waals surface area contributed by atoms with Gasteiger partial charge in [0.05, 0.1) is 28.2 Å². The van der Waals surface area contributed by atoms with Crippen LogP contribution in [0.15, 0.2) is 97.1 Å². The summed E-state index contributed by atoms with van der Waals surface area (Å²) in [6, 6.07) is 36.5. The van der Waals surface area contributed by atoms with Crippen molar-refractivity contribution in [1.29, 1.82) is 5.26 Å². The van der Waals surface area contributed by atoms with Crippen LogP contribution in [0.5, 0.6) is 0 Å². The van der Waals surface area contributed by atoms with Crippen LogP contribution in [0.2, 0.25) is 0 Å². The highest BCUT2D eigenvalue weighted by Crippen LogP contribution is 2.41. The second-order valence-corrected chi connectivity index (χ2v) is 8.18. The van der Waals surface area contributed by atoms with Crippen molar-refractivity contribution in [3.05, 3.63) is 103 Å². The monoisotopic (exact) mass is 392 g/mol. The van der Waals surface area contributed by atoms with E-state index < -0.39 is 0 Å². The molecule has 0 spiro atoms. The van der Waals surface area contributed by atoms with E-state index in [0.29, 0.717) is 5.56 Å². The average Bonchev–Trinajstić information content (AvgIpc) is 3.34. The number of hydrogen-bond acceptors (Lipinski definition) is 1. The van der Waals surface area contributed by atoms with E-state index in [1.54, 1.807) is 0 Å². The number of aromatic nitrogens is 1. The predicted molar refractivity (Wildman–Crippen MR) is 129 cm³/mol. The van der Waals surface area contributed by atoms with Crippen LogP contribution in [-0.4, -0.2) is 4.40 Å². The first-order valence-electron chi connectivity index (χ1n) is 10.4. The van der Waals surface area contributed by atoms with Gasteiger partial charge < -0.3 is 4.40 Å². The first kappa shape index (κ1) is 16.4. The van der Waals surface area contributed by atoms with Crippen molar-refractivity contribution in [3.8, 4) is 17.2 Å². The zero-order chi connectivity index (χ0) is 20.5. The number of benzene rings is 5. The van der Waals surface area contributed by atoms with Gasteiger partial charge in [0.1, 0.15) is 0 Å². The third kappa shape index (κ3) is 2.15. The van der Waals surface area contributed by atoms with Crippen LogP contribution in [0.25, 0.3) is 60.0 Å². The molecule has 0 aliphatic carbocycles. The topological polar surface area (TPSA) is 28.2 Å². The van der Waals surface area contributed by atoms with Gasteiger partial charge >= 0.3 is 0 Å². The molecule has 0 unspecified atom stereocenters. The van der Waals surface area contributed by atoms with Crippen LogP contribution < -0.4 is 0 Å². The first-order chi connectivity index (χ1) is 15.3. The molecule has 142 valence electrons. The molecule has 31 heavy (non-hydrogen) atoms. The number of fused-ring (bicyclic) bond motifs is 7. The van der Waals surface area contributed by atoms with Gasteiger partial charge in [0.25, 0.3) is 0 Å². The summed E-state index contributed by atoms with van der Waals surface area (Å²) in [6.45, 7) is 0. The molecule has 2 nitrogen and oxygen atoms in total. The van der Waals surface area contributed by atoms with E-state index in [2.05, 4.69) is 89.3 Å². The lowest BCUT2D eigenvalue weighted by Gasteiger charge is -2.05.